The van der Waals surface area contributed by atoms with E-state index in [1.54, 1.807) is 0 Å². The number of hydrogen-bond donors (Lipinski definition) is 3. The first-order valence-electron chi connectivity index (χ1n) is 9.01. The van der Waals surface area contributed by atoms with Crippen LogP contribution >= 0.6 is 0 Å². The molecule has 6 heteroatoms. The maximum Gasteiger partial charge on any atom is 0.242 e. The Hall–Kier alpha value is -1.30. The van der Waals surface area contributed by atoms with E-state index in [9.17, 15) is 4.79 Å². The number of carbonyl (C=O) groups excluding carboxylic acids is 1. The van der Waals surface area contributed by atoms with Crippen molar-refractivity contribution in [2.24, 2.45) is 4.99 Å². The van der Waals surface area contributed by atoms with Gasteiger partial charge in [0.25, 0.3) is 0 Å². The monoisotopic (exact) mass is 325 g/mol. The maximum absolute atomic E-state index is 11.7. The molecule has 0 aromatic carbocycles. The molecule has 1 aliphatic rings. The van der Waals surface area contributed by atoms with E-state index in [2.05, 4.69) is 53.5 Å². The average molecular weight is 326 g/mol. The summed E-state index contributed by atoms with van der Waals surface area (Å²) in [6, 6.07) is 1.51. The third kappa shape index (κ3) is 8.79. The molecule has 1 amide bonds. The van der Waals surface area contributed by atoms with Gasteiger partial charge in [0, 0.05) is 37.8 Å². The minimum absolute atomic E-state index is 0.00972. The van der Waals surface area contributed by atoms with E-state index >= 15 is 0 Å². The van der Waals surface area contributed by atoms with Crippen molar-refractivity contribution in [2.75, 3.05) is 26.2 Å². The summed E-state index contributed by atoms with van der Waals surface area (Å²) in [6.07, 6.45) is 3.26. The van der Waals surface area contributed by atoms with E-state index in [0.29, 0.717) is 18.1 Å². The molecule has 1 saturated carbocycles. The maximum atomic E-state index is 11.7. The van der Waals surface area contributed by atoms with Gasteiger partial charge in [0.05, 0.1) is 0 Å². The van der Waals surface area contributed by atoms with E-state index in [4.69, 9.17) is 0 Å². The van der Waals surface area contributed by atoms with Gasteiger partial charge >= 0.3 is 0 Å². The number of hydrogen-bond acceptors (Lipinski definition) is 3. The molecule has 1 aliphatic carbocycles. The molecule has 0 radical (unpaired) electrons. The molecule has 0 aliphatic heterocycles. The van der Waals surface area contributed by atoms with Crippen LogP contribution in [0.4, 0.5) is 0 Å². The van der Waals surface area contributed by atoms with Crippen molar-refractivity contribution < 1.29 is 4.79 Å². The van der Waals surface area contributed by atoms with E-state index in [1.165, 1.54) is 0 Å². The molecule has 0 spiro atoms. The van der Waals surface area contributed by atoms with Crippen molar-refractivity contribution in [1.82, 2.24) is 20.9 Å². The van der Waals surface area contributed by atoms with Crippen LogP contribution in [0, 0.1) is 0 Å². The Bertz CT molecular complexity index is 369. The Morgan fingerprint density at radius 1 is 1.17 bits per heavy atom. The van der Waals surface area contributed by atoms with Gasteiger partial charge in [-0.25, -0.2) is 4.99 Å². The highest BCUT2D eigenvalue weighted by atomic mass is 16.2. The van der Waals surface area contributed by atoms with Crippen molar-refractivity contribution >= 4 is 11.9 Å². The van der Waals surface area contributed by atoms with E-state index < -0.39 is 0 Å². The van der Waals surface area contributed by atoms with Crippen LogP contribution in [-0.4, -0.2) is 61.1 Å². The summed E-state index contributed by atoms with van der Waals surface area (Å²) in [7, 11) is 0. The summed E-state index contributed by atoms with van der Waals surface area (Å²) < 4.78 is 0. The van der Waals surface area contributed by atoms with Crippen LogP contribution < -0.4 is 16.0 Å². The van der Waals surface area contributed by atoms with E-state index in [-0.39, 0.29) is 12.5 Å². The molecule has 1 fully saturated rings. The molecule has 134 valence electrons. The summed E-state index contributed by atoms with van der Waals surface area (Å²) in [6.45, 7) is 13.9. The van der Waals surface area contributed by atoms with Crippen LogP contribution in [0.3, 0.4) is 0 Å². The van der Waals surface area contributed by atoms with E-state index in [1.807, 2.05) is 6.92 Å². The van der Waals surface area contributed by atoms with Crippen molar-refractivity contribution in [3.05, 3.63) is 0 Å². The Morgan fingerprint density at radius 3 is 2.35 bits per heavy atom. The normalized spacial score (nSPS) is 15.4. The molecular formula is C17H35N5O. The first-order chi connectivity index (χ1) is 10.9. The minimum atomic E-state index is 0.00972. The van der Waals surface area contributed by atoms with Gasteiger partial charge in [-0.05, 0) is 53.9 Å². The van der Waals surface area contributed by atoms with Crippen molar-refractivity contribution in [1.29, 1.82) is 0 Å². The Morgan fingerprint density at radius 2 is 1.83 bits per heavy atom. The SMILES string of the molecule is CCNC(=NCC(=O)NC1CC1)NCCCN(C(C)C)C(C)C. The first-order valence-corrected chi connectivity index (χ1v) is 9.01. The van der Waals surface area contributed by atoms with Crippen LogP contribution in [-0.2, 0) is 4.79 Å². The Balaban J connectivity index is 2.29. The van der Waals surface area contributed by atoms with Gasteiger partial charge in [0.2, 0.25) is 5.91 Å². The van der Waals surface area contributed by atoms with Crippen molar-refractivity contribution in [2.45, 2.75) is 72.0 Å². The van der Waals surface area contributed by atoms with Crippen LogP contribution in [0.1, 0.15) is 53.9 Å². The number of amides is 1. The van der Waals surface area contributed by atoms with Crippen LogP contribution in [0.15, 0.2) is 4.99 Å². The third-order valence-electron chi connectivity index (χ3n) is 3.88. The fraction of sp³-hybridized carbons (Fsp3) is 0.882. The first kappa shape index (κ1) is 19.7. The number of carbonyl (C=O) groups is 1. The van der Waals surface area contributed by atoms with Crippen molar-refractivity contribution in [3.8, 4) is 0 Å². The second kappa shape index (κ2) is 10.5. The minimum Gasteiger partial charge on any atom is -0.357 e. The molecule has 0 heterocycles. The highest BCUT2D eigenvalue weighted by Gasteiger charge is 2.22. The zero-order valence-electron chi connectivity index (χ0n) is 15.5. The zero-order valence-corrected chi connectivity index (χ0v) is 15.5. The highest BCUT2D eigenvalue weighted by Crippen LogP contribution is 2.18. The Kier molecular flexibility index (Phi) is 8.99. The van der Waals surface area contributed by atoms with Gasteiger partial charge in [-0.3, -0.25) is 9.69 Å². The lowest BCUT2D eigenvalue weighted by Crippen LogP contribution is -2.41. The van der Waals surface area contributed by atoms with Crippen LogP contribution in [0.25, 0.3) is 0 Å². The smallest absolute Gasteiger partial charge is 0.242 e. The Labute approximate surface area is 141 Å². The predicted molar refractivity (Wildman–Crippen MR) is 96.7 cm³/mol. The molecule has 0 saturated heterocycles. The fourth-order valence-electron chi connectivity index (χ4n) is 2.57. The molecule has 0 aromatic heterocycles. The lowest BCUT2D eigenvalue weighted by molar-refractivity contribution is -0.119. The number of aliphatic imine (C=N–C) groups is 1. The second-order valence-corrected chi connectivity index (χ2v) is 6.74. The fourth-order valence-corrected chi connectivity index (χ4v) is 2.57. The molecule has 6 nitrogen and oxygen atoms in total. The number of guanidine groups is 1. The largest absolute Gasteiger partial charge is 0.357 e. The number of nitrogens with one attached hydrogen (secondary N) is 3. The standard InChI is InChI=1S/C17H35N5O/c1-6-18-17(20-12-16(23)21-15-8-9-15)19-10-7-11-22(13(2)3)14(4)5/h13-15H,6-12H2,1-5H3,(H,21,23)(H2,18,19,20). The van der Waals surface area contributed by atoms with E-state index in [0.717, 1.165) is 44.9 Å². The topological polar surface area (TPSA) is 68.8 Å². The molecule has 0 aromatic rings. The summed E-state index contributed by atoms with van der Waals surface area (Å²) in [5, 5.41) is 9.45. The zero-order chi connectivity index (χ0) is 17.2. The van der Waals surface area contributed by atoms with Crippen molar-refractivity contribution in [3.63, 3.8) is 0 Å². The summed E-state index contributed by atoms with van der Waals surface area (Å²) in [4.78, 5) is 18.5. The number of nitrogens with zero attached hydrogens (tertiary/aromatic N) is 2. The third-order valence-corrected chi connectivity index (χ3v) is 3.88. The number of rotatable bonds is 10. The van der Waals surface area contributed by atoms with Gasteiger partial charge in [-0.2, -0.15) is 0 Å². The quantitative estimate of drug-likeness (QED) is 0.322. The average Bonchev–Trinajstić information content (AvgIpc) is 3.27. The molecule has 3 N–H and O–H groups in total. The highest BCUT2D eigenvalue weighted by molar-refractivity contribution is 5.85. The molecular weight excluding hydrogens is 290 g/mol. The lowest BCUT2D eigenvalue weighted by atomic mass is 10.2. The summed E-state index contributed by atoms with van der Waals surface area (Å²) in [5.41, 5.74) is 0. The summed E-state index contributed by atoms with van der Waals surface area (Å²) >= 11 is 0. The van der Waals surface area contributed by atoms with Gasteiger partial charge in [-0.15, -0.1) is 0 Å². The van der Waals surface area contributed by atoms with Gasteiger partial charge in [-0.1, -0.05) is 0 Å². The molecule has 0 atom stereocenters. The van der Waals surface area contributed by atoms with Gasteiger partial charge in [0.1, 0.15) is 6.54 Å². The molecule has 0 bridgehead atoms. The van der Waals surface area contributed by atoms with Gasteiger partial charge in [0.15, 0.2) is 5.96 Å². The predicted octanol–water partition coefficient (Wildman–Crippen LogP) is 1.33. The molecule has 1 rings (SSSR count). The molecule has 0 unspecified atom stereocenters. The van der Waals surface area contributed by atoms with Crippen LogP contribution in [0.2, 0.25) is 0 Å². The second-order valence-electron chi connectivity index (χ2n) is 6.74. The van der Waals surface area contributed by atoms with Gasteiger partial charge < -0.3 is 16.0 Å². The van der Waals surface area contributed by atoms with Crippen LogP contribution in [0.5, 0.6) is 0 Å². The summed E-state index contributed by atoms with van der Waals surface area (Å²) in [5.74, 6) is 0.731. The molecule has 23 heavy (non-hydrogen) atoms. The lowest BCUT2D eigenvalue weighted by Gasteiger charge is -2.30.